The third-order valence-electron chi connectivity index (χ3n) is 2.17. The molecular weight excluding hydrogens is 341 g/mol. The number of nitrogens with one attached hydrogen (secondary N) is 1. The molecule has 1 nitrogen and oxygen atoms in total. The maximum Gasteiger partial charge on any atom is 0.0220 e. The van der Waals surface area contributed by atoms with Crippen molar-refractivity contribution in [2.45, 2.75) is 25.4 Å². The average Bonchev–Trinajstić information content (AvgIpc) is 2.90. The van der Waals surface area contributed by atoms with Gasteiger partial charge in [0.2, 0.25) is 0 Å². The minimum absolute atomic E-state index is 0.782. The van der Waals surface area contributed by atoms with E-state index in [-0.39, 0.29) is 0 Å². The molecular formula is C10H11BrIN. The van der Waals surface area contributed by atoms with Gasteiger partial charge in [-0.05, 0) is 59.2 Å². The van der Waals surface area contributed by atoms with E-state index in [2.05, 4.69) is 62.0 Å². The second-order valence-corrected chi connectivity index (χ2v) is 5.49. The second-order valence-electron chi connectivity index (χ2n) is 3.39. The van der Waals surface area contributed by atoms with Gasteiger partial charge in [0.25, 0.3) is 0 Å². The van der Waals surface area contributed by atoms with Crippen molar-refractivity contribution in [3.05, 3.63) is 31.8 Å². The van der Waals surface area contributed by atoms with Crippen LogP contribution in [0.15, 0.2) is 22.7 Å². The molecule has 0 saturated heterocycles. The monoisotopic (exact) mass is 351 g/mol. The van der Waals surface area contributed by atoms with E-state index in [1.807, 2.05) is 0 Å². The Balaban J connectivity index is 2.03. The van der Waals surface area contributed by atoms with Crippen LogP contribution in [0.25, 0.3) is 0 Å². The Hall–Kier alpha value is 0.390. The predicted molar refractivity (Wildman–Crippen MR) is 66.7 cm³/mol. The van der Waals surface area contributed by atoms with Gasteiger partial charge in [-0.1, -0.05) is 15.9 Å². The topological polar surface area (TPSA) is 12.0 Å². The summed E-state index contributed by atoms with van der Waals surface area (Å²) in [6.07, 6.45) is 2.70. The molecule has 13 heavy (non-hydrogen) atoms. The number of benzene rings is 1. The highest BCUT2D eigenvalue weighted by Gasteiger charge is 2.20. The molecule has 0 radical (unpaired) electrons. The lowest BCUT2D eigenvalue weighted by Crippen LogP contribution is -2.15. The molecule has 0 aromatic heterocycles. The molecule has 0 heterocycles. The van der Waals surface area contributed by atoms with Gasteiger partial charge in [0.05, 0.1) is 0 Å². The lowest BCUT2D eigenvalue weighted by molar-refractivity contribution is 0.686. The van der Waals surface area contributed by atoms with Crippen molar-refractivity contribution in [2.24, 2.45) is 0 Å². The molecule has 1 aliphatic carbocycles. The van der Waals surface area contributed by atoms with Crippen molar-refractivity contribution in [2.75, 3.05) is 0 Å². The van der Waals surface area contributed by atoms with E-state index in [0.29, 0.717) is 0 Å². The van der Waals surface area contributed by atoms with E-state index in [1.165, 1.54) is 26.4 Å². The summed E-state index contributed by atoms with van der Waals surface area (Å²) in [7, 11) is 0. The van der Waals surface area contributed by atoms with Crippen LogP contribution in [0.2, 0.25) is 0 Å². The van der Waals surface area contributed by atoms with Crippen LogP contribution in [-0.4, -0.2) is 6.04 Å². The van der Waals surface area contributed by atoms with Crippen molar-refractivity contribution in [3.63, 3.8) is 0 Å². The minimum Gasteiger partial charge on any atom is -0.310 e. The standard InChI is InChI=1S/C10H11BrIN/c11-10-4-1-8(12)5-7(10)6-13-9-2-3-9/h1,4-5,9,13H,2-3,6H2. The largest absolute Gasteiger partial charge is 0.310 e. The number of halogens is 2. The predicted octanol–water partition coefficient (Wildman–Crippen LogP) is 3.31. The van der Waals surface area contributed by atoms with Gasteiger partial charge in [-0.3, -0.25) is 0 Å². The summed E-state index contributed by atoms with van der Waals surface area (Å²) >= 11 is 5.90. The van der Waals surface area contributed by atoms with Crippen LogP contribution in [0.3, 0.4) is 0 Å². The van der Waals surface area contributed by atoms with E-state index in [9.17, 15) is 0 Å². The summed E-state index contributed by atoms with van der Waals surface area (Å²) in [6.45, 7) is 0.988. The third kappa shape index (κ3) is 2.92. The highest BCUT2D eigenvalue weighted by molar-refractivity contribution is 14.1. The van der Waals surface area contributed by atoms with E-state index in [0.717, 1.165) is 12.6 Å². The van der Waals surface area contributed by atoms with Crippen LogP contribution < -0.4 is 5.32 Å². The quantitative estimate of drug-likeness (QED) is 0.824. The molecule has 0 spiro atoms. The van der Waals surface area contributed by atoms with Crippen LogP contribution in [0.5, 0.6) is 0 Å². The average molecular weight is 352 g/mol. The van der Waals surface area contributed by atoms with Crippen molar-refractivity contribution in [1.82, 2.24) is 5.32 Å². The Kier molecular flexibility index (Phi) is 3.26. The summed E-state index contributed by atoms with van der Waals surface area (Å²) < 4.78 is 2.51. The first-order chi connectivity index (χ1) is 6.25. The van der Waals surface area contributed by atoms with Crippen LogP contribution in [0.4, 0.5) is 0 Å². The molecule has 70 valence electrons. The molecule has 1 fully saturated rings. The Bertz CT molecular complexity index is 310. The number of hydrogen-bond donors (Lipinski definition) is 1. The highest BCUT2D eigenvalue weighted by Crippen LogP contribution is 2.22. The van der Waals surface area contributed by atoms with E-state index in [4.69, 9.17) is 0 Å². The fourth-order valence-corrected chi connectivity index (χ4v) is 2.16. The zero-order valence-electron chi connectivity index (χ0n) is 7.19. The molecule has 2 rings (SSSR count). The summed E-state index contributed by atoms with van der Waals surface area (Å²) in [6, 6.07) is 7.24. The first kappa shape index (κ1) is 9.93. The zero-order chi connectivity index (χ0) is 9.26. The van der Waals surface area contributed by atoms with Crippen LogP contribution >= 0.6 is 38.5 Å². The van der Waals surface area contributed by atoms with Gasteiger partial charge in [-0.15, -0.1) is 0 Å². The van der Waals surface area contributed by atoms with Crippen molar-refractivity contribution < 1.29 is 0 Å². The molecule has 0 unspecified atom stereocenters. The normalized spacial score (nSPS) is 16.2. The molecule has 0 bridgehead atoms. The minimum atomic E-state index is 0.782. The maximum atomic E-state index is 3.56. The number of rotatable bonds is 3. The van der Waals surface area contributed by atoms with Crippen LogP contribution in [-0.2, 0) is 6.54 Å². The van der Waals surface area contributed by atoms with Crippen LogP contribution in [0, 0.1) is 3.57 Å². The molecule has 0 aliphatic heterocycles. The van der Waals surface area contributed by atoms with Crippen LogP contribution in [0.1, 0.15) is 18.4 Å². The Morgan fingerprint density at radius 1 is 1.46 bits per heavy atom. The van der Waals surface area contributed by atoms with Crippen molar-refractivity contribution >= 4 is 38.5 Å². The van der Waals surface area contributed by atoms with E-state index in [1.54, 1.807) is 0 Å². The summed E-state index contributed by atoms with van der Waals surface area (Å²) in [5, 5.41) is 3.51. The number of hydrogen-bond acceptors (Lipinski definition) is 1. The molecule has 1 aliphatic rings. The van der Waals surface area contributed by atoms with Gasteiger partial charge in [-0.2, -0.15) is 0 Å². The molecule has 1 saturated carbocycles. The van der Waals surface area contributed by atoms with Crippen molar-refractivity contribution in [1.29, 1.82) is 0 Å². The zero-order valence-corrected chi connectivity index (χ0v) is 10.9. The summed E-state index contributed by atoms with van der Waals surface area (Å²) in [5.74, 6) is 0. The third-order valence-corrected chi connectivity index (χ3v) is 3.61. The SMILES string of the molecule is Brc1ccc(I)cc1CNC1CC1. The van der Waals surface area contributed by atoms with Gasteiger partial charge in [0.15, 0.2) is 0 Å². The van der Waals surface area contributed by atoms with Gasteiger partial charge < -0.3 is 5.32 Å². The Morgan fingerprint density at radius 2 is 2.23 bits per heavy atom. The van der Waals surface area contributed by atoms with E-state index < -0.39 is 0 Å². The lowest BCUT2D eigenvalue weighted by atomic mass is 10.2. The first-order valence-electron chi connectivity index (χ1n) is 4.43. The highest BCUT2D eigenvalue weighted by atomic mass is 127. The van der Waals surface area contributed by atoms with Crippen molar-refractivity contribution in [3.8, 4) is 0 Å². The fraction of sp³-hybridized carbons (Fsp3) is 0.400. The van der Waals surface area contributed by atoms with Gasteiger partial charge in [0, 0.05) is 20.6 Å². The van der Waals surface area contributed by atoms with Gasteiger partial charge in [-0.25, -0.2) is 0 Å². The molecule has 1 aromatic carbocycles. The smallest absolute Gasteiger partial charge is 0.0220 e. The molecule has 1 aromatic rings. The second kappa shape index (κ2) is 4.28. The maximum absolute atomic E-state index is 3.56. The summed E-state index contributed by atoms with van der Waals surface area (Å²) in [4.78, 5) is 0. The van der Waals surface area contributed by atoms with Gasteiger partial charge in [0.1, 0.15) is 0 Å². The fourth-order valence-electron chi connectivity index (χ4n) is 1.22. The van der Waals surface area contributed by atoms with Gasteiger partial charge >= 0.3 is 0 Å². The molecule has 0 amide bonds. The molecule has 0 atom stereocenters. The first-order valence-corrected chi connectivity index (χ1v) is 6.30. The lowest BCUT2D eigenvalue weighted by Gasteiger charge is -2.05. The Labute approximate surface area is 101 Å². The molecule has 3 heteroatoms. The Morgan fingerprint density at radius 3 is 2.92 bits per heavy atom. The summed E-state index contributed by atoms with van der Waals surface area (Å²) in [5.41, 5.74) is 1.36. The molecule has 1 N–H and O–H groups in total. The van der Waals surface area contributed by atoms with E-state index >= 15 is 0 Å².